The maximum Gasteiger partial charge on any atom is 0.148 e. The average Bonchev–Trinajstić information content (AvgIpc) is 1.99. The standard InChI is InChI=1S/C10H23NO2S2/c1-10(2,3)9(11-4)8-14-6-7-15(5,12)13/h9,11H,6-8H2,1-5H3. The van der Waals surface area contributed by atoms with Gasteiger partial charge in [-0.1, -0.05) is 20.8 Å². The molecule has 0 aliphatic heterocycles. The predicted molar refractivity (Wildman–Crippen MR) is 69.3 cm³/mol. The Kier molecular flexibility index (Phi) is 6.21. The minimum absolute atomic E-state index is 0.215. The van der Waals surface area contributed by atoms with Gasteiger partial charge in [-0.3, -0.25) is 0 Å². The fraction of sp³-hybridized carbons (Fsp3) is 1.00. The highest BCUT2D eigenvalue weighted by Gasteiger charge is 2.22. The van der Waals surface area contributed by atoms with Crippen LogP contribution in [0.1, 0.15) is 20.8 Å². The quantitative estimate of drug-likeness (QED) is 0.727. The van der Waals surface area contributed by atoms with Gasteiger partial charge in [0, 0.05) is 23.8 Å². The zero-order chi connectivity index (χ0) is 12.1. The first-order valence-electron chi connectivity index (χ1n) is 5.09. The Labute approximate surface area is 98.3 Å². The van der Waals surface area contributed by atoms with Crippen LogP contribution in [-0.4, -0.2) is 45.0 Å². The van der Waals surface area contributed by atoms with Crippen molar-refractivity contribution in [2.24, 2.45) is 5.41 Å². The summed E-state index contributed by atoms with van der Waals surface area (Å²) < 4.78 is 21.8. The molecule has 1 unspecified atom stereocenters. The maximum absolute atomic E-state index is 10.9. The zero-order valence-electron chi connectivity index (χ0n) is 10.3. The van der Waals surface area contributed by atoms with Gasteiger partial charge in [0.2, 0.25) is 0 Å². The van der Waals surface area contributed by atoms with Crippen molar-refractivity contribution >= 4 is 21.6 Å². The van der Waals surface area contributed by atoms with Crippen molar-refractivity contribution in [1.29, 1.82) is 0 Å². The van der Waals surface area contributed by atoms with Crippen LogP contribution < -0.4 is 5.32 Å². The molecule has 0 spiro atoms. The minimum Gasteiger partial charge on any atom is -0.316 e. The monoisotopic (exact) mass is 253 g/mol. The Bertz CT molecular complexity index is 268. The van der Waals surface area contributed by atoms with E-state index in [1.165, 1.54) is 6.26 Å². The first-order chi connectivity index (χ1) is 6.67. The number of nitrogens with one attached hydrogen (secondary N) is 1. The number of hydrogen-bond acceptors (Lipinski definition) is 4. The fourth-order valence-corrected chi connectivity index (χ4v) is 3.93. The summed E-state index contributed by atoms with van der Waals surface area (Å²) in [7, 11) is -0.854. The molecule has 0 radical (unpaired) electrons. The van der Waals surface area contributed by atoms with Gasteiger partial charge in [0.1, 0.15) is 9.84 Å². The van der Waals surface area contributed by atoms with Crippen LogP contribution in [0, 0.1) is 5.41 Å². The molecular formula is C10H23NO2S2. The van der Waals surface area contributed by atoms with Gasteiger partial charge in [-0.2, -0.15) is 11.8 Å². The Morgan fingerprint density at radius 2 is 1.87 bits per heavy atom. The molecule has 0 aliphatic carbocycles. The van der Waals surface area contributed by atoms with Crippen LogP contribution >= 0.6 is 11.8 Å². The summed E-state index contributed by atoms with van der Waals surface area (Å²) in [5.74, 6) is 1.92. The first-order valence-corrected chi connectivity index (χ1v) is 8.31. The molecule has 0 heterocycles. The van der Waals surface area contributed by atoms with Gasteiger partial charge in [-0.05, 0) is 12.5 Å². The largest absolute Gasteiger partial charge is 0.316 e. The van der Waals surface area contributed by atoms with Gasteiger partial charge in [-0.25, -0.2) is 8.42 Å². The van der Waals surface area contributed by atoms with E-state index in [0.29, 0.717) is 11.8 Å². The van der Waals surface area contributed by atoms with Crippen molar-refractivity contribution < 1.29 is 8.42 Å². The molecule has 0 rings (SSSR count). The normalized spacial score (nSPS) is 15.3. The van der Waals surface area contributed by atoms with E-state index in [9.17, 15) is 8.42 Å². The zero-order valence-corrected chi connectivity index (χ0v) is 12.0. The van der Waals surface area contributed by atoms with E-state index in [1.807, 2.05) is 7.05 Å². The van der Waals surface area contributed by atoms with Crippen molar-refractivity contribution in [1.82, 2.24) is 5.32 Å². The van der Waals surface area contributed by atoms with E-state index >= 15 is 0 Å². The second-order valence-electron chi connectivity index (χ2n) is 4.91. The van der Waals surface area contributed by atoms with Gasteiger partial charge >= 0.3 is 0 Å². The number of sulfone groups is 1. The fourth-order valence-electron chi connectivity index (χ4n) is 1.18. The third-order valence-corrected chi connectivity index (χ3v) is 4.54. The molecule has 0 fully saturated rings. The lowest BCUT2D eigenvalue weighted by atomic mass is 9.88. The summed E-state index contributed by atoms with van der Waals surface area (Å²) in [5, 5.41) is 3.27. The molecule has 0 amide bonds. The maximum atomic E-state index is 10.9. The number of hydrogen-bond donors (Lipinski definition) is 1. The third kappa shape index (κ3) is 8.11. The van der Waals surface area contributed by atoms with E-state index < -0.39 is 9.84 Å². The molecule has 0 saturated carbocycles. The Balaban J connectivity index is 3.85. The van der Waals surface area contributed by atoms with E-state index in [1.54, 1.807) is 11.8 Å². The molecule has 0 bridgehead atoms. The van der Waals surface area contributed by atoms with Crippen LogP contribution in [0.3, 0.4) is 0 Å². The molecule has 3 nitrogen and oxygen atoms in total. The Morgan fingerprint density at radius 1 is 1.33 bits per heavy atom. The summed E-state index contributed by atoms with van der Waals surface area (Å²) >= 11 is 1.70. The highest BCUT2D eigenvalue weighted by molar-refractivity contribution is 8.00. The summed E-state index contributed by atoms with van der Waals surface area (Å²) in [6.45, 7) is 6.56. The summed E-state index contributed by atoms with van der Waals surface area (Å²) in [6.07, 6.45) is 1.28. The van der Waals surface area contributed by atoms with Crippen molar-refractivity contribution in [2.45, 2.75) is 26.8 Å². The second-order valence-corrected chi connectivity index (χ2v) is 8.32. The molecule has 0 aromatic rings. The van der Waals surface area contributed by atoms with Gasteiger partial charge < -0.3 is 5.32 Å². The summed E-state index contributed by atoms with van der Waals surface area (Å²) in [5.41, 5.74) is 0.215. The smallest absolute Gasteiger partial charge is 0.148 e. The van der Waals surface area contributed by atoms with E-state index in [2.05, 4.69) is 26.1 Å². The molecule has 15 heavy (non-hydrogen) atoms. The molecule has 0 saturated heterocycles. The van der Waals surface area contributed by atoms with Gasteiger partial charge in [0.25, 0.3) is 0 Å². The molecular weight excluding hydrogens is 230 g/mol. The first kappa shape index (κ1) is 15.3. The molecule has 0 aromatic heterocycles. The minimum atomic E-state index is -2.81. The van der Waals surface area contributed by atoms with E-state index in [-0.39, 0.29) is 11.2 Å². The van der Waals surface area contributed by atoms with Crippen molar-refractivity contribution in [3.63, 3.8) is 0 Å². The number of rotatable bonds is 6. The van der Waals surface area contributed by atoms with Crippen LogP contribution in [0.4, 0.5) is 0 Å². The molecule has 1 atom stereocenters. The van der Waals surface area contributed by atoms with Gasteiger partial charge in [0.15, 0.2) is 0 Å². The summed E-state index contributed by atoms with van der Waals surface area (Å²) in [6, 6.07) is 0.419. The Hall–Kier alpha value is 0.260. The highest BCUT2D eigenvalue weighted by Crippen LogP contribution is 2.22. The van der Waals surface area contributed by atoms with Crippen LogP contribution in [0.5, 0.6) is 0 Å². The predicted octanol–water partition coefficient (Wildman–Crippen LogP) is 1.40. The van der Waals surface area contributed by atoms with Crippen LogP contribution in [0.15, 0.2) is 0 Å². The molecule has 0 aromatic carbocycles. The van der Waals surface area contributed by atoms with Crippen molar-refractivity contribution in [3.8, 4) is 0 Å². The SMILES string of the molecule is CNC(CSCCS(C)(=O)=O)C(C)(C)C. The van der Waals surface area contributed by atoms with Crippen LogP contribution in [0.2, 0.25) is 0 Å². The number of thioether (sulfide) groups is 1. The van der Waals surface area contributed by atoms with Gasteiger partial charge in [0.05, 0.1) is 5.75 Å². The molecule has 0 aliphatic rings. The average molecular weight is 253 g/mol. The van der Waals surface area contributed by atoms with Crippen LogP contribution in [-0.2, 0) is 9.84 Å². The molecule has 1 N–H and O–H groups in total. The van der Waals surface area contributed by atoms with Gasteiger partial charge in [-0.15, -0.1) is 0 Å². The van der Waals surface area contributed by atoms with E-state index in [0.717, 1.165) is 5.75 Å². The lowest BCUT2D eigenvalue weighted by molar-refractivity contribution is 0.305. The molecule has 92 valence electrons. The topological polar surface area (TPSA) is 46.2 Å². The summed E-state index contributed by atoms with van der Waals surface area (Å²) in [4.78, 5) is 0. The molecule has 5 heteroatoms. The van der Waals surface area contributed by atoms with Crippen molar-refractivity contribution in [2.75, 3.05) is 30.6 Å². The Morgan fingerprint density at radius 3 is 2.20 bits per heavy atom. The van der Waals surface area contributed by atoms with Crippen LogP contribution in [0.25, 0.3) is 0 Å². The van der Waals surface area contributed by atoms with Crippen molar-refractivity contribution in [3.05, 3.63) is 0 Å². The lowest BCUT2D eigenvalue weighted by Crippen LogP contribution is -2.40. The van der Waals surface area contributed by atoms with E-state index in [4.69, 9.17) is 0 Å². The lowest BCUT2D eigenvalue weighted by Gasteiger charge is -2.30. The second kappa shape index (κ2) is 6.11. The third-order valence-electron chi connectivity index (χ3n) is 2.28. The highest BCUT2D eigenvalue weighted by atomic mass is 32.2.